The molecule has 1 unspecified atom stereocenters. The number of hydrogen-bond acceptors (Lipinski definition) is 6. The minimum Gasteiger partial charge on any atom is -0.496 e. The van der Waals surface area contributed by atoms with Gasteiger partial charge in [-0.3, -0.25) is 9.20 Å². The van der Waals surface area contributed by atoms with Gasteiger partial charge in [-0.15, -0.1) is 0 Å². The molecule has 1 aliphatic heterocycles. The number of nitrogens with one attached hydrogen (secondary N) is 1. The second-order valence-electron chi connectivity index (χ2n) is 10.7. The number of ether oxygens (including phenoxy) is 3. The molecule has 0 radical (unpaired) electrons. The number of aromatic nitrogens is 2. The van der Waals surface area contributed by atoms with Gasteiger partial charge in [0.25, 0.3) is 5.91 Å². The van der Waals surface area contributed by atoms with E-state index < -0.39 is 24.2 Å². The van der Waals surface area contributed by atoms with E-state index >= 15 is 0 Å². The van der Waals surface area contributed by atoms with Gasteiger partial charge in [-0.05, 0) is 63.4 Å². The van der Waals surface area contributed by atoms with Crippen LogP contribution in [0.1, 0.15) is 55.5 Å². The molecule has 3 aromatic rings. The van der Waals surface area contributed by atoms with Gasteiger partial charge in [0.2, 0.25) is 0 Å². The SMILES string of the molecule is COc1cc(-c2cnc3cc(C4CCCN(C(=O)OC(C)(C)C)C4)ccn23)cc(OC)c1C(=O)NCC(F)(F)F. The third-order valence-electron chi connectivity index (χ3n) is 6.56. The zero-order chi connectivity index (χ0) is 29.2. The lowest BCUT2D eigenvalue weighted by Gasteiger charge is -2.34. The predicted molar refractivity (Wildman–Crippen MR) is 142 cm³/mol. The van der Waals surface area contributed by atoms with E-state index in [2.05, 4.69) is 4.98 Å². The summed E-state index contributed by atoms with van der Waals surface area (Å²) < 4.78 is 56.1. The second kappa shape index (κ2) is 11.3. The average Bonchev–Trinajstić information content (AvgIpc) is 3.33. The van der Waals surface area contributed by atoms with Crippen molar-refractivity contribution in [3.05, 3.63) is 47.8 Å². The zero-order valence-corrected chi connectivity index (χ0v) is 23.1. The van der Waals surface area contributed by atoms with E-state index in [9.17, 15) is 22.8 Å². The Bertz CT molecular complexity index is 1370. The number of carbonyl (C=O) groups is 2. The number of likely N-dealkylation sites (tertiary alicyclic amines) is 1. The number of benzene rings is 1. The van der Waals surface area contributed by atoms with Gasteiger partial charge in [0.05, 0.1) is 26.1 Å². The van der Waals surface area contributed by atoms with Crippen LogP contribution in [0.25, 0.3) is 16.9 Å². The monoisotopic (exact) mass is 562 g/mol. The van der Waals surface area contributed by atoms with E-state index in [0.29, 0.717) is 30.0 Å². The molecule has 4 rings (SSSR count). The Balaban J connectivity index is 1.61. The summed E-state index contributed by atoms with van der Waals surface area (Å²) in [5, 5.41) is 1.86. The first-order valence-electron chi connectivity index (χ1n) is 12.9. The molecule has 216 valence electrons. The van der Waals surface area contributed by atoms with Crippen LogP contribution in [0.2, 0.25) is 0 Å². The van der Waals surface area contributed by atoms with Crippen molar-refractivity contribution in [3.8, 4) is 22.8 Å². The highest BCUT2D eigenvalue weighted by Gasteiger charge is 2.31. The maximum Gasteiger partial charge on any atom is 0.410 e. The fraction of sp³-hybridized carbons (Fsp3) is 0.464. The molecular formula is C28H33F3N4O5. The third kappa shape index (κ3) is 6.60. The fourth-order valence-electron chi connectivity index (χ4n) is 4.76. The van der Waals surface area contributed by atoms with Crippen LogP contribution in [0, 0.1) is 0 Å². The summed E-state index contributed by atoms with van der Waals surface area (Å²) in [4.78, 5) is 31.5. The van der Waals surface area contributed by atoms with Crippen molar-refractivity contribution in [3.63, 3.8) is 0 Å². The van der Waals surface area contributed by atoms with E-state index in [1.165, 1.54) is 14.2 Å². The number of halogens is 3. The lowest BCUT2D eigenvalue weighted by molar-refractivity contribution is -0.123. The Morgan fingerprint density at radius 3 is 2.38 bits per heavy atom. The average molecular weight is 563 g/mol. The number of imidazole rings is 1. The maximum atomic E-state index is 12.6. The van der Waals surface area contributed by atoms with Gasteiger partial charge in [-0.2, -0.15) is 13.2 Å². The molecule has 2 aromatic heterocycles. The summed E-state index contributed by atoms with van der Waals surface area (Å²) >= 11 is 0. The van der Waals surface area contributed by atoms with Crippen LogP contribution in [-0.4, -0.2) is 71.9 Å². The molecule has 40 heavy (non-hydrogen) atoms. The van der Waals surface area contributed by atoms with Crippen LogP contribution in [0.15, 0.2) is 36.7 Å². The summed E-state index contributed by atoms with van der Waals surface area (Å²) in [6.07, 6.45) is 0.441. The highest BCUT2D eigenvalue weighted by Crippen LogP contribution is 2.36. The topological polar surface area (TPSA) is 94.4 Å². The normalized spacial score (nSPS) is 16.1. The van der Waals surface area contributed by atoms with Crippen LogP contribution in [-0.2, 0) is 4.74 Å². The van der Waals surface area contributed by atoms with Crippen molar-refractivity contribution in [2.75, 3.05) is 33.9 Å². The third-order valence-corrected chi connectivity index (χ3v) is 6.56. The molecule has 12 heteroatoms. The van der Waals surface area contributed by atoms with E-state index in [4.69, 9.17) is 14.2 Å². The van der Waals surface area contributed by atoms with Crippen molar-refractivity contribution >= 4 is 17.6 Å². The van der Waals surface area contributed by atoms with Gasteiger partial charge < -0.3 is 24.4 Å². The summed E-state index contributed by atoms with van der Waals surface area (Å²) in [6.45, 7) is 5.25. The highest BCUT2D eigenvalue weighted by atomic mass is 19.4. The number of hydrogen-bond donors (Lipinski definition) is 1. The van der Waals surface area contributed by atoms with Crippen molar-refractivity contribution < 1.29 is 37.0 Å². The Kier molecular flexibility index (Phi) is 8.18. The number of alkyl halides is 3. The summed E-state index contributed by atoms with van der Waals surface area (Å²) in [5.74, 6) is -0.718. The van der Waals surface area contributed by atoms with E-state index in [1.54, 1.807) is 23.2 Å². The van der Waals surface area contributed by atoms with Crippen molar-refractivity contribution in [2.45, 2.75) is 51.3 Å². The Morgan fingerprint density at radius 1 is 1.10 bits per heavy atom. The Labute approximate surface area is 230 Å². The first kappa shape index (κ1) is 29.0. The van der Waals surface area contributed by atoms with Crippen LogP contribution in [0.3, 0.4) is 0 Å². The smallest absolute Gasteiger partial charge is 0.410 e. The first-order chi connectivity index (χ1) is 18.8. The van der Waals surface area contributed by atoms with Gasteiger partial charge in [0.15, 0.2) is 0 Å². The van der Waals surface area contributed by atoms with Crippen LogP contribution in [0.4, 0.5) is 18.0 Å². The molecule has 1 aromatic carbocycles. The molecule has 3 heterocycles. The van der Waals surface area contributed by atoms with Crippen LogP contribution >= 0.6 is 0 Å². The van der Waals surface area contributed by atoms with Gasteiger partial charge in [-0.1, -0.05) is 0 Å². The van der Waals surface area contributed by atoms with Gasteiger partial charge in [-0.25, -0.2) is 9.78 Å². The largest absolute Gasteiger partial charge is 0.496 e. The molecular weight excluding hydrogens is 529 g/mol. The summed E-state index contributed by atoms with van der Waals surface area (Å²) in [5.41, 5.74) is 2.28. The van der Waals surface area contributed by atoms with E-state index in [-0.39, 0.29) is 29.1 Å². The second-order valence-corrected chi connectivity index (χ2v) is 10.7. The fourth-order valence-corrected chi connectivity index (χ4v) is 4.76. The number of amides is 2. The molecule has 1 N–H and O–H groups in total. The summed E-state index contributed by atoms with van der Waals surface area (Å²) in [7, 11) is 2.65. The van der Waals surface area contributed by atoms with Gasteiger partial charge >= 0.3 is 12.3 Å². The molecule has 0 saturated carbocycles. The van der Waals surface area contributed by atoms with Crippen LogP contribution in [0.5, 0.6) is 11.5 Å². The van der Waals surface area contributed by atoms with E-state index in [0.717, 1.165) is 18.4 Å². The number of piperidine rings is 1. The Hall–Kier alpha value is -3.96. The number of methoxy groups -OCH3 is 2. The molecule has 1 atom stereocenters. The lowest BCUT2D eigenvalue weighted by Crippen LogP contribution is -2.42. The number of pyridine rings is 1. The zero-order valence-electron chi connectivity index (χ0n) is 23.1. The number of nitrogens with zero attached hydrogens (tertiary/aromatic N) is 3. The molecule has 0 aliphatic carbocycles. The number of carbonyl (C=O) groups excluding carboxylic acids is 2. The molecule has 1 aliphatic rings. The quantitative estimate of drug-likeness (QED) is 0.431. The van der Waals surface area contributed by atoms with Crippen molar-refractivity contribution in [1.82, 2.24) is 19.6 Å². The summed E-state index contributed by atoms with van der Waals surface area (Å²) in [6, 6.07) is 7.07. The van der Waals surface area contributed by atoms with Crippen LogP contribution < -0.4 is 14.8 Å². The highest BCUT2D eigenvalue weighted by molar-refractivity contribution is 6.00. The number of fused-ring (bicyclic) bond motifs is 1. The molecule has 9 nitrogen and oxygen atoms in total. The van der Waals surface area contributed by atoms with Crippen molar-refractivity contribution in [1.29, 1.82) is 0 Å². The Morgan fingerprint density at radius 2 is 1.77 bits per heavy atom. The molecule has 0 bridgehead atoms. The molecule has 0 spiro atoms. The van der Waals surface area contributed by atoms with Crippen molar-refractivity contribution in [2.24, 2.45) is 0 Å². The molecule has 1 fully saturated rings. The first-order valence-corrected chi connectivity index (χ1v) is 12.9. The molecule has 1 saturated heterocycles. The van der Waals surface area contributed by atoms with Gasteiger partial charge in [0.1, 0.15) is 34.9 Å². The maximum absolute atomic E-state index is 12.6. The standard InChI is InChI=1S/C28H33F3N4O5/c1-27(2,3)40-26(37)34-9-6-7-18(15-34)17-8-10-35-20(14-32-23(35)13-17)19-11-21(38-4)24(22(12-19)39-5)25(36)33-16-28(29,30)31/h8,10-14,18H,6-7,9,15-16H2,1-5H3,(H,33,36). The number of rotatable bonds is 6. The predicted octanol–water partition coefficient (Wildman–Crippen LogP) is 5.43. The van der Waals surface area contributed by atoms with Gasteiger partial charge in [0, 0.05) is 30.8 Å². The van der Waals surface area contributed by atoms with E-state index in [1.807, 2.05) is 48.8 Å². The lowest BCUT2D eigenvalue weighted by atomic mass is 9.91. The molecule has 2 amide bonds. The minimum absolute atomic E-state index is 0.0602. The minimum atomic E-state index is -4.56.